The van der Waals surface area contributed by atoms with Crippen molar-refractivity contribution in [2.24, 2.45) is 0 Å². The molecule has 0 atom stereocenters. The third-order valence-electron chi connectivity index (χ3n) is 3.31. The number of hydrogen-bond donors (Lipinski definition) is 0. The van der Waals surface area contributed by atoms with Gasteiger partial charge in [-0.05, 0) is 40.1 Å². The molecule has 0 bridgehead atoms. The summed E-state index contributed by atoms with van der Waals surface area (Å²) in [5, 5.41) is 8.67. The van der Waals surface area contributed by atoms with Gasteiger partial charge in [-0.25, -0.2) is 4.63 Å². The second kappa shape index (κ2) is 4.86. The van der Waals surface area contributed by atoms with Crippen LogP contribution in [0.2, 0.25) is 0 Å². The predicted octanol–water partition coefficient (Wildman–Crippen LogP) is 3.35. The van der Waals surface area contributed by atoms with Gasteiger partial charge in [0, 0.05) is 11.6 Å². The SMILES string of the molecule is c1cnc2c(OCc3ccc4nonc4c3)cccc2c1. The zero-order chi connectivity index (χ0) is 14.1. The number of hydrogen-bond acceptors (Lipinski definition) is 5. The lowest BCUT2D eigenvalue weighted by Crippen LogP contribution is -1.96. The van der Waals surface area contributed by atoms with Crippen molar-refractivity contribution >= 4 is 21.9 Å². The molecule has 2 aromatic heterocycles. The van der Waals surface area contributed by atoms with Crippen LogP contribution >= 0.6 is 0 Å². The van der Waals surface area contributed by atoms with Crippen LogP contribution in [0, 0.1) is 0 Å². The summed E-state index contributed by atoms with van der Waals surface area (Å²) in [5.74, 6) is 0.770. The molecule has 0 unspecified atom stereocenters. The molecule has 0 fully saturated rings. The lowest BCUT2D eigenvalue weighted by Gasteiger charge is -2.08. The van der Waals surface area contributed by atoms with E-state index < -0.39 is 0 Å². The number of aromatic nitrogens is 3. The van der Waals surface area contributed by atoms with Crippen molar-refractivity contribution in [3.8, 4) is 5.75 Å². The van der Waals surface area contributed by atoms with E-state index in [0.29, 0.717) is 6.61 Å². The molecule has 5 nitrogen and oxygen atoms in total. The fourth-order valence-corrected chi connectivity index (χ4v) is 2.27. The van der Waals surface area contributed by atoms with Crippen molar-refractivity contribution in [1.29, 1.82) is 0 Å². The zero-order valence-electron chi connectivity index (χ0n) is 11.1. The number of fused-ring (bicyclic) bond motifs is 2. The molecule has 5 heteroatoms. The van der Waals surface area contributed by atoms with Gasteiger partial charge in [-0.3, -0.25) is 4.98 Å². The summed E-state index contributed by atoms with van der Waals surface area (Å²) in [6.07, 6.45) is 1.77. The van der Waals surface area contributed by atoms with Gasteiger partial charge in [0.1, 0.15) is 28.9 Å². The minimum Gasteiger partial charge on any atom is -0.487 e. The predicted molar refractivity (Wildman–Crippen MR) is 77.9 cm³/mol. The first-order chi connectivity index (χ1) is 10.4. The van der Waals surface area contributed by atoms with E-state index >= 15 is 0 Å². The lowest BCUT2D eigenvalue weighted by molar-refractivity contribution is 0.309. The third kappa shape index (κ3) is 2.18. The second-order valence-corrected chi connectivity index (χ2v) is 4.71. The molecule has 0 spiro atoms. The molecule has 0 saturated carbocycles. The highest BCUT2D eigenvalue weighted by molar-refractivity contribution is 5.84. The molecule has 0 aliphatic rings. The summed E-state index contributed by atoms with van der Waals surface area (Å²) in [7, 11) is 0. The highest BCUT2D eigenvalue weighted by atomic mass is 16.6. The molecule has 21 heavy (non-hydrogen) atoms. The maximum absolute atomic E-state index is 5.89. The molecule has 4 rings (SSSR count). The fraction of sp³-hybridized carbons (Fsp3) is 0.0625. The van der Waals surface area contributed by atoms with E-state index in [9.17, 15) is 0 Å². The molecular formula is C16H11N3O2. The van der Waals surface area contributed by atoms with Crippen molar-refractivity contribution in [3.05, 3.63) is 60.3 Å². The van der Waals surface area contributed by atoms with Crippen LogP contribution in [0.5, 0.6) is 5.75 Å². The molecule has 102 valence electrons. The first kappa shape index (κ1) is 11.8. The molecule has 4 aromatic rings. The number of nitrogens with zero attached hydrogens (tertiary/aromatic N) is 3. The lowest BCUT2D eigenvalue weighted by atomic mass is 10.2. The van der Waals surface area contributed by atoms with E-state index in [0.717, 1.165) is 33.2 Å². The van der Waals surface area contributed by atoms with Gasteiger partial charge in [0.05, 0.1) is 0 Å². The molecule has 0 aliphatic heterocycles. The zero-order valence-corrected chi connectivity index (χ0v) is 11.1. The summed E-state index contributed by atoms with van der Waals surface area (Å²) in [4.78, 5) is 4.37. The summed E-state index contributed by atoms with van der Waals surface area (Å²) >= 11 is 0. The Morgan fingerprint density at radius 3 is 2.86 bits per heavy atom. The normalized spacial score (nSPS) is 11.0. The minimum absolute atomic E-state index is 0.443. The van der Waals surface area contributed by atoms with Gasteiger partial charge in [0.2, 0.25) is 0 Å². The maximum atomic E-state index is 5.89. The number of ether oxygens (including phenoxy) is 1. The van der Waals surface area contributed by atoms with Crippen LogP contribution in [0.1, 0.15) is 5.56 Å². The standard InChI is InChI=1S/C16H11N3O2/c1-3-12-4-2-8-17-16(12)15(5-1)20-10-11-6-7-13-14(9-11)19-21-18-13/h1-9H,10H2. The first-order valence-corrected chi connectivity index (χ1v) is 6.58. The van der Waals surface area contributed by atoms with Gasteiger partial charge in [0.25, 0.3) is 0 Å². The van der Waals surface area contributed by atoms with Crippen molar-refractivity contribution in [3.63, 3.8) is 0 Å². The molecular weight excluding hydrogens is 266 g/mol. The average Bonchev–Trinajstić information content (AvgIpc) is 3.00. The second-order valence-electron chi connectivity index (χ2n) is 4.71. The highest BCUT2D eigenvalue weighted by Gasteiger charge is 2.05. The Morgan fingerprint density at radius 2 is 1.86 bits per heavy atom. The Balaban J connectivity index is 1.63. The number of rotatable bonds is 3. The Labute approximate surface area is 120 Å². The average molecular weight is 277 g/mol. The Morgan fingerprint density at radius 1 is 0.952 bits per heavy atom. The van der Waals surface area contributed by atoms with Gasteiger partial charge < -0.3 is 4.74 Å². The quantitative estimate of drug-likeness (QED) is 0.574. The van der Waals surface area contributed by atoms with E-state index in [4.69, 9.17) is 4.74 Å². The molecule has 0 N–H and O–H groups in total. The number of pyridine rings is 1. The van der Waals surface area contributed by atoms with E-state index in [2.05, 4.69) is 19.9 Å². The van der Waals surface area contributed by atoms with Crippen molar-refractivity contribution in [1.82, 2.24) is 15.3 Å². The Bertz CT molecular complexity index is 912. The van der Waals surface area contributed by atoms with Crippen LogP contribution in [-0.4, -0.2) is 15.3 Å². The van der Waals surface area contributed by atoms with E-state index in [-0.39, 0.29) is 0 Å². The largest absolute Gasteiger partial charge is 0.487 e. The van der Waals surface area contributed by atoms with Gasteiger partial charge in [0.15, 0.2) is 0 Å². The Hall–Kier alpha value is -2.95. The minimum atomic E-state index is 0.443. The topological polar surface area (TPSA) is 61.0 Å². The van der Waals surface area contributed by atoms with Crippen LogP contribution in [-0.2, 0) is 6.61 Å². The van der Waals surface area contributed by atoms with E-state index in [1.54, 1.807) is 6.20 Å². The molecule has 0 radical (unpaired) electrons. The summed E-state index contributed by atoms with van der Waals surface area (Å²) in [6, 6.07) is 15.6. The molecule has 2 heterocycles. The van der Waals surface area contributed by atoms with Crippen molar-refractivity contribution in [2.45, 2.75) is 6.61 Å². The van der Waals surface area contributed by atoms with Crippen LogP contribution in [0.15, 0.2) is 59.4 Å². The molecule has 0 saturated heterocycles. The van der Waals surface area contributed by atoms with E-state index in [1.807, 2.05) is 48.5 Å². The molecule has 2 aromatic carbocycles. The van der Waals surface area contributed by atoms with Gasteiger partial charge in [-0.2, -0.15) is 0 Å². The number of benzene rings is 2. The Kier molecular flexibility index (Phi) is 2.74. The van der Waals surface area contributed by atoms with Crippen molar-refractivity contribution in [2.75, 3.05) is 0 Å². The van der Waals surface area contributed by atoms with Crippen molar-refractivity contribution < 1.29 is 9.37 Å². The number of para-hydroxylation sites is 1. The van der Waals surface area contributed by atoms with E-state index in [1.165, 1.54) is 0 Å². The molecule has 0 aliphatic carbocycles. The third-order valence-corrected chi connectivity index (χ3v) is 3.31. The van der Waals surface area contributed by atoms with Crippen LogP contribution in [0.25, 0.3) is 21.9 Å². The first-order valence-electron chi connectivity index (χ1n) is 6.58. The van der Waals surface area contributed by atoms with Crippen LogP contribution < -0.4 is 4.74 Å². The summed E-state index contributed by atoms with van der Waals surface area (Å²) in [6.45, 7) is 0.443. The monoisotopic (exact) mass is 277 g/mol. The highest BCUT2D eigenvalue weighted by Crippen LogP contribution is 2.24. The van der Waals surface area contributed by atoms with Crippen LogP contribution in [0.4, 0.5) is 0 Å². The van der Waals surface area contributed by atoms with Gasteiger partial charge in [-0.15, -0.1) is 0 Å². The maximum Gasteiger partial charge on any atom is 0.146 e. The summed E-state index contributed by atoms with van der Waals surface area (Å²) in [5.41, 5.74) is 3.34. The van der Waals surface area contributed by atoms with Gasteiger partial charge in [-0.1, -0.05) is 24.3 Å². The van der Waals surface area contributed by atoms with Gasteiger partial charge >= 0.3 is 0 Å². The smallest absolute Gasteiger partial charge is 0.146 e. The fourth-order valence-electron chi connectivity index (χ4n) is 2.27. The van der Waals surface area contributed by atoms with Crippen LogP contribution in [0.3, 0.4) is 0 Å². The molecule has 0 amide bonds. The summed E-state index contributed by atoms with van der Waals surface area (Å²) < 4.78 is 10.6.